The predicted molar refractivity (Wildman–Crippen MR) is 97.9 cm³/mol. The molecule has 0 amide bonds. The Kier molecular flexibility index (Phi) is 5.25. The molecule has 0 saturated carbocycles. The molecule has 0 fully saturated rings. The average Bonchev–Trinajstić information content (AvgIpc) is 2.33. The molecule has 4 heteroatoms. The fourth-order valence-corrected chi connectivity index (χ4v) is 3.28. The third kappa shape index (κ3) is 3.75. The summed E-state index contributed by atoms with van der Waals surface area (Å²) in [6.45, 7) is 10.7. The molecule has 0 N–H and O–H groups in total. The average molecular weight is 415 g/mol. The summed E-state index contributed by atoms with van der Waals surface area (Å²) in [5, 5.41) is 0.552. The van der Waals surface area contributed by atoms with Gasteiger partial charge in [0.05, 0.1) is 9.26 Å². The van der Waals surface area contributed by atoms with Crippen LogP contribution in [0.2, 0.25) is 5.15 Å². The van der Waals surface area contributed by atoms with Gasteiger partial charge in [0.1, 0.15) is 5.15 Å². The van der Waals surface area contributed by atoms with Gasteiger partial charge in [0.2, 0.25) is 0 Å². The van der Waals surface area contributed by atoms with Crippen LogP contribution >= 0.6 is 34.2 Å². The third-order valence-electron chi connectivity index (χ3n) is 3.38. The van der Waals surface area contributed by atoms with Gasteiger partial charge in [-0.05, 0) is 66.8 Å². The Balaban J connectivity index is 2.62. The van der Waals surface area contributed by atoms with E-state index in [1.165, 1.54) is 16.7 Å². The van der Waals surface area contributed by atoms with Crippen LogP contribution in [-0.4, -0.2) is 9.97 Å². The minimum absolute atomic E-state index is 0.539. The first kappa shape index (κ1) is 16.7. The molecule has 0 aliphatic heterocycles. The van der Waals surface area contributed by atoms with E-state index in [-0.39, 0.29) is 0 Å². The van der Waals surface area contributed by atoms with Crippen LogP contribution in [0.4, 0.5) is 0 Å². The highest BCUT2D eigenvalue weighted by molar-refractivity contribution is 14.1. The first-order chi connectivity index (χ1) is 9.79. The third-order valence-corrected chi connectivity index (χ3v) is 5.11. The summed E-state index contributed by atoms with van der Waals surface area (Å²) in [5.74, 6) is 1.28. The van der Waals surface area contributed by atoms with Crippen molar-refractivity contribution in [3.05, 3.63) is 43.2 Å². The Morgan fingerprint density at radius 1 is 1.10 bits per heavy atom. The van der Waals surface area contributed by atoms with Crippen LogP contribution in [0.5, 0.6) is 0 Å². The molecule has 0 bridgehead atoms. The minimum Gasteiger partial charge on any atom is -0.232 e. The Hall–Kier alpha value is -0.680. The smallest absolute Gasteiger partial charge is 0.161 e. The van der Waals surface area contributed by atoms with Crippen LogP contribution in [0.1, 0.15) is 36.2 Å². The molecule has 0 radical (unpaired) electrons. The molecular formula is C17H20ClIN2. The molecule has 21 heavy (non-hydrogen) atoms. The van der Waals surface area contributed by atoms with E-state index in [9.17, 15) is 0 Å². The van der Waals surface area contributed by atoms with E-state index in [0.717, 1.165) is 27.1 Å². The summed E-state index contributed by atoms with van der Waals surface area (Å²) in [7, 11) is 0. The Labute approximate surface area is 145 Å². The van der Waals surface area contributed by atoms with Gasteiger partial charge in [0, 0.05) is 5.56 Å². The first-order valence-corrected chi connectivity index (χ1v) is 8.55. The van der Waals surface area contributed by atoms with Crippen molar-refractivity contribution in [1.29, 1.82) is 0 Å². The van der Waals surface area contributed by atoms with E-state index in [0.29, 0.717) is 11.1 Å². The molecule has 0 saturated heterocycles. The molecule has 2 rings (SSSR count). The maximum absolute atomic E-state index is 6.33. The second-order valence-corrected chi connectivity index (χ2v) is 7.41. The number of nitrogens with zero attached hydrogens (tertiary/aromatic N) is 2. The fourth-order valence-electron chi connectivity index (χ4n) is 2.63. The van der Waals surface area contributed by atoms with Gasteiger partial charge >= 0.3 is 0 Å². The predicted octanol–water partition coefficient (Wildman–Crippen LogP) is 5.53. The van der Waals surface area contributed by atoms with Gasteiger partial charge in [-0.3, -0.25) is 0 Å². The topological polar surface area (TPSA) is 25.8 Å². The zero-order valence-electron chi connectivity index (χ0n) is 13.1. The van der Waals surface area contributed by atoms with Gasteiger partial charge in [-0.15, -0.1) is 0 Å². The lowest BCUT2D eigenvalue weighted by atomic mass is 9.99. The van der Waals surface area contributed by atoms with Crippen LogP contribution in [0.3, 0.4) is 0 Å². The van der Waals surface area contributed by atoms with E-state index in [1.54, 1.807) is 0 Å². The van der Waals surface area contributed by atoms with Crippen molar-refractivity contribution in [2.45, 2.75) is 41.0 Å². The van der Waals surface area contributed by atoms with Gasteiger partial charge in [-0.25, -0.2) is 9.97 Å². The largest absolute Gasteiger partial charge is 0.232 e. The SMILES string of the molecule is Cc1cc(C)c(-c2nc(Cl)c(I)c(CC(C)C)n2)c(C)c1. The zero-order valence-corrected chi connectivity index (χ0v) is 16.0. The molecule has 2 nitrogen and oxygen atoms in total. The van der Waals surface area contributed by atoms with E-state index in [4.69, 9.17) is 16.6 Å². The van der Waals surface area contributed by atoms with Crippen LogP contribution in [-0.2, 0) is 6.42 Å². The zero-order chi connectivity index (χ0) is 15.7. The van der Waals surface area contributed by atoms with Crippen molar-refractivity contribution in [2.75, 3.05) is 0 Å². The Morgan fingerprint density at radius 3 is 2.19 bits per heavy atom. The molecule has 1 heterocycles. The van der Waals surface area contributed by atoms with Crippen LogP contribution < -0.4 is 0 Å². The summed E-state index contributed by atoms with van der Waals surface area (Å²) in [6, 6.07) is 4.33. The molecule has 0 unspecified atom stereocenters. The molecule has 1 aromatic carbocycles. The maximum atomic E-state index is 6.33. The highest BCUT2D eigenvalue weighted by Crippen LogP contribution is 2.29. The van der Waals surface area contributed by atoms with Gasteiger partial charge in [0.15, 0.2) is 5.82 Å². The number of aryl methyl sites for hydroxylation is 3. The fraction of sp³-hybridized carbons (Fsp3) is 0.412. The summed E-state index contributed by atoms with van der Waals surface area (Å²) >= 11 is 8.57. The highest BCUT2D eigenvalue weighted by atomic mass is 127. The van der Waals surface area contributed by atoms with Crippen molar-refractivity contribution in [2.24, 2.45) is 5.92 Å². The molecule has 0 spiro atoms. The normalized spacial score (nSPS) is 11.2. The second kappa shape index (κ2) is 6.61. The summed E-state index contributed by atoms with van der Waals surface area (Å²) in [5.41, 5.74) is 5.79. The molecule has 0 aliphatic carbocycles. The van der Waals surface area contributed by atoms with Crippen molar-refractivity contribution in [3.63, 3.8) is 0 Å². The first-order valence-electron chi connectivity index (χ1n) is 7.09. The van der Waals surface area contributed by atoms with Crippen molar-refractivity contribution < 1.29 is 0 Å². The minimum atomic E-state index is 0.539. The lowest BCUT2D eigenvalue weighted by Gasteiger charge is -2.14. The van der Waals surface area contributed by atoms with E-state index < -0.39 is 0 Å². The number of halogens is 2. The van der Waals surface area contributed by atoms with E-state index in [1.807, 2.05) is 0 Å². The Bertz CT molecular complexity index is 658. The van der Waals surface area contributed by atoms with Gasteiger partial charge in [-0.2, -0.15) is 0 Å². The van der Waals surface area contributed by atoms with Crippen LogP contribution in [0.15, 0.2) is 12.1 Å². The summed E-state index contributed by atoms with van der Waals surface area (Å²) < 4.78 is 0.967. The van der Waals surface area contributed by atoms with Gasteiger partial charge in [0.25, 0.3) is 0 Å². The van der Waals surface area contributed by atoms with Crippen LogP contribution in [0, 0.1) is 30.3 Å². The monoisotopic (exact) mass is 414 g/mol. The Morgan fingerprint density at radius 2 is 1.67 bits per heavy atom. The molecule has 1 aromatic heterocycles. The van der Waals surface area contributed by atoms with Gasteiger partial charge < -0.3 is 0 Å². The van der Waals surface area contributed by atoms with E-state index in [2.05, 4.69) is 74.3 Å². The standard InChI is InChI=1S/C17H20ClIN2/c1-9(2)6-13-15(19)16(18)21-17(20-13)14-11(4)7-10(3)8-12(14)5/h7-9H,6H2,1-5H3. The molecule has 0 aliphatic rings. The molecular weight excluding hydrogens is 395 g/mol. The number of aromatic nitrogens is 2. The van der Waals surface area contributed by atoms with E-state index >= 15 is 0 Å². The lowest BCUT2D eigenvalue weighted by Crippen LogP contribution is -2.06. The van der Waals surface area contributed by atoms with Crippen LogP contribution in [0.25, 0.3) is 11.4 Å². The number of hydrogen-bond acceptors (Lipinski definition) is 2. The number of benzene rings is 1. The molecule has 112 valence electrons. The van der Waals surface area contributed by atoms with Gasteiger partial charge in [-0.1, -0.05) is 43.1 Å². The van der Waals surface area contributed by atoms with Crippen molar-refractivity contribution in [1.82, 2.24) is 9.97 Å². The summed E-state index contributed by atoms with van der Waals surface area (Å²) in [4.78, 5) is 9.30. The van der Waals surface area contributed by atoms with Crippen molar-refractivity contribution >= 4 is 34.2 Å². The summed E-state index contributed by atoms with van der Waals surface area (Å²) in [6.07, 6.45) is 0.914. The lowest BCUT2D eigenvalue weighted by molar-refractivity contribution is 0.632. The van der Waals surface area contributed by atoms with Crippen molar-refractivity contribution in [3.8, 4) is 11.4 Å². The molecule has 2 aromatic rings. The maximum Gasteiger partial charge on any atom is 0.161 e. The highest BCUT2D eigenvalue weighted by Gasteiger charge is 2.16. The quantitative estimate of drug-likeness (QED) is 0.488. The number of rotatable bonds is 3. The molecule has 0 atom stereocenters. The second-order valence-electron chi connectivity index (χ2n) is 5.97. The number of hydrogen-bond donors (Lipinski definition) is 0.